The number of allylic oxidation sites excluding steroid dienone is 1. The van der Waals surface area contributed by atoms with Gasteiger partial charge in [0.05, 0.1) is 23.5 Å². The third-order valence-electron chi connectivity index (χ3n) is 11.3. The first-order valence-corrected chi connectivity index (χ1v) is 20.9. The number of hydrogen-bond acceptors (Lipinski definition) is 9. The van der Waals surface area contributed by atoms with E-state index in [2.05, 4.69) is 72.2 Å². The lowest BCUT2D eigenvalue weighted by atomic mass is 9.56. The fourth-order valence-corrected chi connectivity index (χ4v) is 10.0. The summed E-state index contributed by atoms with van der Waals surface area (Å²) in [6.45, 7) is 14.7. The van der Waals surface area contributed by atoms with E-state index >= 15 is 0 Å². The van der Waals surface area contributed by atoms with Gasteiger partial charge in [0, 0.05) is 55.6 Å². The summed E-state index contributed by atoms with van der Waals surface area (Å²) in [5, 5.41) is 26.9. The molecule has 2 heterocycles. The summed E-state index contributed by atoms with van der Waals surface area (Å²) in [7, 11) is 0. The van der Waals surface area contributed by atoms with E-state index in [0.717, 1.165) is 91.4 Å². The number of ether oxygens (including phenoxy) is 3. The van der Waals surface area contributed by atoms with Gasteiger partial charge in [0.25, 0.3) is 0 Å². The average molecular weight is 755 g/mol. The van der Waals surface area contributed by atoms with E-state index in [9.17, 15) is 10.2 Å². The molecule has 9 heteroatoms. The third kappa shape index (κ3) is 8.71. The van der Waals surface area contributed by atoms with E-state index in [1.165, 1.54) is 10.8 Å². The number of unbranched alkanes of at least 4 members (excludes halogenated alkanes) is 2. The predicted octanol–water partition coefficient (Wildman–Crippen LogP) is 8.76. The van der Waals surface area contributed by atoms with Crippen LogP contribution in [0.15, 0.2) is 95.0 Å². The normalized spacial score (nSPS) is 26.8. The second kappa shape index (κ2) is 17.2. The molecular formula is C45H58N2O6S. The molecule has 1 saturated carbocycles. The van der Waals surface area contributed by atoms with Gasteiger partial charge in [-0.25, -0.2) is 0 Å². The first-order valence-electron chi connectivity index (χ1n) is 20.0. The Hall–Kier alpha value is -3.34. The number of hydrogen-bond donors (Lipinski definition) is 2. The van der Waals surface area contributed by atoms with Crippen LogP contribution in [0, 0.1) is 17.8 Å². The molecule has 2 aliphatic heterocycles. The quantitative estimate of drug-likeness (QED) is 0.0577. The Balaban J connectivity index is 1.39. The van der Waals surface area contributed by atoms with Crippen molar-refractivity contribution in [3.63, 3.8) is 0 Å². The minimum Gasteiger partial charge on any atom is -0.492 e. The van der Waals surface area contributed by atoms with E-state index in [0.29, 0.717) is 19.6 Å². The van der Waals surface area contributed by atoms with Gasteiger partial charge in [-0.05, 0) is 105 Å². The molecule has 7 rings (SSSR count). The number of nitrogens with zero attached hydrogens (tertiary/aromatic N) is 2. The topological polar surface area (TPSA) is 92.8 Å². The largest absolute Gasteiger partial charge is 0.492 e. The Morgan fingerprint density at radius 1 is 0.981 bits per heavy atom. The van der Waals surface area contributed by atoms with Gasteiger partial charge in [-0.15, -0.1) is 18.3 Å². The van der Waals surface area contributed by atoms with Crippen molar-refractivity contribution in [2.75, 3.05) is 46.1 Å². The van der Waals surface area contributed by atoms with Crippen LogP contribution in [0.4, 0.5) is 0 Å². The Morgan fingerprint density at radius 2 is 1.76 bits per heavy atom. The summed E-state index contributed by atoms with van der Waals surface area (Å²) in [6, 6.07) is 21.5. The fourth-order valence-electron chi connectivity index (χ4n) is 8.70. The molecule has 0 aromatic heterocycles. The summed E-state index contributed by atoms with van der Waals surface area (Å²) >= 11 is 1.79. The van der Waals surface area contributed by atoms with Gasteiger partial charge >= 0.3 is 0 Å². The van der Waals surface area contributed by atoms with Crippen molar-refractivity contribution in [3.8, 4) is 11.5 Å². The number of aliphatic hydroxyl groups is 2. The molecule has 3 aromatic rings. The van der Waals surface area contributed by atoms with Crippen LogP contribution in [-0.2, 0) is 9.57 Å². The molecule has 8 nitrogen and oxygen atoms in total. The van der Waals surface area contributed by atoms with Crippen molar-refractivity contribution in [2.24, 2.45) is 22.9 Å². The predicted molar refractivity (Wildman–Crippen MR) is 218 cm³/mol. The highest BCUT2D eigenvalue weighted by Crippen LogP contribution is 2.63. The van der Waals surface area contributed by atoms with Gasteiger partial charge in [-0.3, -0.25) is 4.90 Å². The van der Waals surface area contributed by atoms with Crippen LogP contribution in [0.25, 0.3) is 10.8 Å². The second-order valence-corrected chi connectivity index (χ2v) is 17.5. The molecule has 2 fully saturated rings. The molecule has 2 aliphatic carbocycles. The molecule has 3 aromatic carbocycles. The summed E-state index contributed by atoms with van der Waals surface area (Å²) in [6.07, 6.45) is 10.1. The van der Waals surface area contributed by atoms with Crippen LogP contribution in [0.1, 0.15) is 77.2 Å². The van der Waals surface area contributed by atoms with Gasteiger partial charge in [-0.2, -0.15) is 0 Å². The summed E-state index contributed by atoms with van der Waals surface area (Å²) in [4.78, 5) is 9.77. The first kappa shape index (κ1) is 38.9. The SMILES string of the molecule is C=CCO[C@@]12Oc3ccc(OCCN4CC4)cc3[C@H]3[C@H](CCCCO)[C@@H](CCCCO)C=C(C(=NOC(C)(C)C)C[C@@H]1Sc1ccc4ccccc4c1)[C@H]32. The number of oxime groups is 1. The smallest absolute Gasteiger partial charge is 0.231 e. The van der Waals surface area contributed by atoms with Gasteiger partial charge in [0.1, 0.15) is 23.7 Å². The van der Waals surface area contributed by atoms with E-state index in [4.69, 9.17) is 24.2 Å². The molecule has 4 aliphatic rings. The minimum absolute atomic E-state index is 0.0203. The van der Waals surface area contributed by atoms with Gasteiger partial charge < -0.3 is 29.3 Å². The van der Waals surface area contributed by atoms with Crippen molar-refractivity contribution < 1.29 is 29.3 Å². The maximum Gasteiger partial charge on any atom is 0.231 e. The third-order valence-corrected chi connectivity index (χ3v) is 12.6. The zero-order chi connectivity index (χ0) is 37.7. The standard InChI is InChI=1S/C45H58N2O6S/c1-5-25-51-45-41(54-35-18-16-31-12-6-7-13-32(31)27-35)30-39(46-53-44(2,3)4)37-28-33(14-8-10-23-48)36(15-9-11-24-49)42(43(37)45)38-29-34(17-19-40(38)52-45)50-26-22-47-20-21-47/h5-7,12-13,16-19,27-29,33,36,41-43,48-49H,1,8-11,14-15,20-26,30H2,2-4H3/t33-,36+,41-,42+,43+,45+/m0/s1. The van der Waals surface area contributed by atoms with E-state index in [1.807, 2.05) is 32.9 Å². The number of fused-ring (bicyclic) bond motifs is 3. The molecule has 0 radical (unpaired) electrons. The van der Waals surface area contributed by atoms with Crippen molar-refractivity contribution >= 4 is 28.2 Å². The Kier molecular flexibility index (Phi) is 12.4. The Bertz CT molecular complexity index is 1820. The van der Waals surface area contributed by atoms with Crippen LogP contribution in [0.5, 0.6) is 11.5 Å². The highest BCUT2D eigenvalue weighted by Gasteiger charge is 2.64. The number of aliphatic hydroxyl groups excluding tert-OH is 2. The van der Waals surface area contributed by atoms with Gasteiger partial charge in [-0.1, -0.05) is 60.5 Å². The number of benzene rings is 3. The molecule has 2 N–H and O–H groups in total. The van der Waals surface area contributed by atoms with Crippen LogP contribution in [0.3, 0.4) is 0 Å². The average Bonchev–Trinajstić information content (AvgIpc) is 3.99. The van der Waals surface area contributed by atoms with Crippen LogP contribution in [0.2, 0.25) is 0 Å². The highest BCUT2D eigenvalue weighted by atomic mass is 32.2. The molecule has 1 saturated heterocycles. The lowest BCUT2D eigenvalue weighted by molar-refractivity contribution is -0.223. The molecule has 54 heavy (non-hydrogen) atoms. The van der Waals surface area contributed by atoms with Crippen LogP contribution in [-0.4, -0.2) is 83.5 Å². The van der Waals surface area contributed by atoms with Gasteiger partial charge in [0.15, 0.2) is 0 Å². The van der Waals surface area contributed by atoms with Crippen molar-refractivity contribution in [3.05, 3.63) is 90.5 Å². The van der Waals surface area contributed by atoms with Crippen LogP contribution >= 0.6 is 11.8 Å². The molecular weight excluding hydrogens is 697 g/mol. The molecule has 6 atom stereocenters. The summed E-state index contributed by atoms with van der Waals surface area (Å²) < 4.78 is 20.9. The first-order chi connectivity index (χ1) is 26.2. The molecule has 0 spiro atoms. The van der Waals surface area contributed by atoms with E-state index in [-0.39, 0.29) is 42.1 Å². The Morgan fingerprint density at radius 3 is 2.50 bits per heavy atom. The fraction of sp³-hybridized carbons (Fsp3) is 0.533. The molecule has 290 valence electrons. The van der Waals surface area contributed by atoms with E-state index < -0.39 is 11.4 Å². The second-order valence-electron chi connectivity index (χ2n) is 16.3. The lowest BCUT2D eigenvalue weighted by Gasteiger charge is -2.58. The van der Waals surface area contributed by atoms with Gasteiger partial charge in [0.2, 0.25) is 5.79 Å². The van der Waals surface area contributed by atoms with Crippen molar-refractivity contribution in [1.82, 2.24) is 4.90 Å². The zero-order valence-corrected chi connectivity index (χ0v) is 33.1. The number of thioether (sulfide) groups is 1. The maximum atomic E-state index is 9.92. The highest BCUT2D eigenvalue weighted by molar-refractivity contribution is 8.00. The maximum absolute atomic E-state index is 9.92. The summed E-state index contributed by atoms with van der Waals surface area (Å²) in [5.74, 6) is 0.931. The minimum atomic E-state index is -1.04. The zero-order valence-electron chi connectivity index (χ0n) is 32.3. The lowest BCUT2D eigenvalue weighted by Crippen LogP contribution is -2.64. The Labute approximate surface area is 325 Å². The summed E-state index contributed by atoms with van der Waals surface area (Å²) in [5.41, 5.74) is 2.74. The molecule has 0 unspecified atom stereocenters. The molecule has 0 amide bonds. The molecule has 0 bridgehead atoms. The monoisotopic (exact) mass is 754 g/mol. The van der Waals surface area contributed by atoms with Crippen LogP contribution < -0.4 is 9.47 Å². The van der Waals surface area contributed by atoms with Crippen molar-refractivity contribution in [1.29, 1.82) is 0 Å². The van der Waals surface area contributed by atoms with E-state index in [1.54, 1.807) is 11.8 Å². The van der Waals surface area contributed by atoms with Crippen molar-refractivity contribution in [2.45, 2.75) is 93.2 Å². The number of rotatable bonds is 18.